The van der Waals surface area contributed by atoms with Gasteiger partial charge >= 0.3 is 0 Å². The summed E-state index contributed by atoms with van der Waals surface area (Å²) in [4.78, 5) is 15.3. The van der Waals surface area contributed by atoms with Gasteiger partial charge in [-0.15, -0.1) is 54.1 Å². The van der Waals surface area contributed by atoms with Crippen molar-refractivity contribution in [3.63, 3.8) is 0 Å². The second-order valence-corrected chi connectivity index (χ2v) is 19.3. The molecule has 4 aromatic heterocycles. The fraction of sp³-hybridized carbons (Fsp3) is 0.0930. The van der Waals surface area contributed by atoms with Crippen molar-refractivity contribution in [2.45, 2.75) is 26.2 Å². The van der Waals surface area contributed by atoms with Gasteiger partial charge in [0.2, 0.25) is 0 Å². The molecule has 0 bridgehead atoms. The smallest absolute Gasteiger partial charge is 0.113 e. The summed E-state index contributed by atoms with van der Waals surface area (Å²) < 4.78 is 3.51. The van der Waals surface area contributed by atoms with Crippen molar-refractivity contribution in [1.29, 1.82) is 0 Å². The topological polar surface area (TPSA) is 43.6 Å². The Kier molecular flexibility index (Phi) is 9.58. The number of nitrogens with zero attached hydrogens (tertiary/aromatic N) is 4. The van der Waals surface area contributed by atoms with Crippen LogP contribution in [0.25, 0.3) is 64.8 Å². The van der Waals surface area contributed by atoms with Crippen LogP contribution in [0.4, 0.5) is 0 Å². The van der Waals surface area contributed by atoms with E-state index in [1.165, 1.54) is 37.0 Å². The molecule has 0 amide bonds. The maximum Gasteiger partial charge on any atom is 0.113 e. The van der Waals surface area contributed by atoms with Crippen molar-refractivity contribution in [2.75, 3.05) is 0 Å². The van der Waals surface area contributed by atoms with Gasteiger partial charge in [-0.05, 0) is 55.5 Å². The van der Waals surface area contributed by atoms with Crippen molar-refractivity contribution in [3.8, 4) is 22.6 Å². The fourth-order valence-corrected chi connectivity index (χ4v) is 8.39. The van der Waals surface area contributed by atoms with E-state index in [0.717, 1.165) is 45.1 Å². The maximum absolute atomic E-state index is 5.17. The van der Waals surface area contributed by atoms with E-state index in [4.69, 9.17) is 4.98 Å². The van der Waals surface area contributed by atoms with Crippen LogP contribution >= 0.6 is 11.3 Å². The Hall–Kier alpha value is -4.78. The molecule has 50 heavy (non-hydrogen) atoms. The van der Waals surface area contributed by atoms with Crippen molar-refractivity contribution in [3.05, 3.63) is 157 Å². The number of hydrogen-bond donors (Lipinski definition) is 0. The Morgan fingerprint density at radius 3 is 2.24 bits per heavy atom. The summed E-state index contributed by atoms with van der Waals surface area (Å²) in [7, 11) is -1.23. The summed E-state index contributed by atoms with van der Waals surface area (Å²) in [6.07, 6.45) is 3.87. The van der Waals surface area contributed by atoms with Gasteiger partial charge in [0.25, 0.3) is 0 Å². The Morgan fingerprint density at radius 2 is 1.50 bits per heavy atom. The third-order valence-corrected chi connectivity index (χ3v) is 12.0. The van der Waals surface area contributed by atoms with E-state index in [0.29, 0.717) is 0 Å². The molecule has 0 aliphatic carbocycles. The molecular formula is C43H34IrN4SSi-2. The number of aromatic nitrogens is 4. The number of thiophene rings is 1. The quantitative estimate of drug-likeness (QED) is 0.128. The van der Waals surface area contributed by atoms with Crippen LogP contribution in [-0.4, -0.2) is 27.6 Å². The minimum atomic E-state index is -1.23. The van der Waals surface area contributed by atoms with Gasteiger partial charge in [0.1, 0.15) is 4.83 Å². The molecule has 0 fully saturated rings. The van der Waals surface area contributed by atoms with E-state index in [9.17, 15) is 0 Å². The predicted octanol–water partition coefficient (Wildman–Crippen LogP) is 10.6. The Labute approximate surface area is 310 Å². The first kappa shape index (κ1) is 33.7. The normalized spacial score (nSPS) is 11.4. The summed E-state index contributed by atoms with van der Waals surface area (Å²) in [6, 6.07) is 50.8. The van der Waals surface area contributed by atoms with Gasteiger partial charge in [-0.2, -0.15) is 11.3 Å². The van der Waals surface area contributed by atoms with Crippen LogP contribution in [0.3, 0.4) is 0 Å². The standard InChI is InChI=1S/C29H18N3S.C14H16NSi.Ir/c1-2-8-19(9-3-1)18-32-26-17-21-11-5-4-10-20(21)16-25(26)31-28(32)24-13-6-12-22-23-14-7-15-30-29(23)33-27(22)24;1-16(2,3)13-9-10-14(15-11-13)12-7-5-4-6-8-12;/h1-12,14-17H,18H2;4-7,9-11H,1-3H3;/q2*-1;. The second kappa shape index (κ2) is 14.2. The monoisotopic (exact) mass is 859 g/mol. The second-order valence-electron chi connectivity index (χ2n) is 13.2. The zero-order valence-electron chi connectivity index (χ0n) is 28.0. The molecule has 0 N–H and O–H groups in total. The number of fused-ring (bicyclic) bond motifs is 5. The van der Waals surface area contributed by atoms with Crippen LogP contribution in [0, 0.1) is 12.1 Å². The Balaban J connectivity index is 0.000000196. The molecule has 0 saturated carbocycles. The molecule has 0 saturated heterocycles. The predicted molar refractivity (Wildman–Crippen MR) is 209 cm³/mol. The third-order valence-electron chi connectivity index (χ3n) is 8.85. The van der Waals surface area contributed by atoms with Crippen molar-refractivity contribution in [1.82, 2.24) is 19.5 Å². The molecule has 0 spiro atoms. The number of rotatable bonds is 5. The zero-order valence-corrected chi connectivity index (χ0v) is 32.2. The van der Waals surface area contributed by atoms with E-state index in [2.05, 4.69) is 137 Å². The third kappa shape index (κ3) is 6.70. The van der Waals surface area contributed by atoms with E-state index in [1.54, 1.807) is 11.3 Å². The molecule has 1 radical (unpaired) electrons. The summed E-state index contributed by atoms with van der Waals surface area (Å²) in [5.41, 5.74) is 6.48. The van der Waals surface area contributed by atoms with Crippen molar-refractivity contribution < 1.29 is 20.1 Å². The largest absolute Gasteiger partial charge is 0.360 e. The molecule has 9 rings (SSSR count). The summed E-state index contributed by atoms with van der Waals surface area (Å²) in [5, 5.41) is 6.21. The number of imidazole rings is 1. The van der Waals surface area contributed by atoms with Crippen molar-refractivity contribution >= 4 is 66.7 Å². The van der Waals surface area contributed by atoms with Gasteiger partial charge in [-0.1, -0.05) is 103 Å². The van der Waals surface area contributed by atoms with Gasteiger partial charge in [0, 0.05) is 39.0 Å². The van der Waals surface area contributed by atoms with Crippen LogP contribution in [0.2, 0.25) is 19.6 Å². The molecule has 0 aliphatic rings. The van der Waals surface area contributed by atoms with Crippen LogP contribution in [0.15, 0.2) is 140 Å². The van der Waals surface area contributed by atoms with E-state index in [1.807, 2.05) is 48.8 Å². The molecule has 0 atom stereocenters. The minimum absolute atomic E-state index is 0. The Morgan fingerprint density at radius 1 is 0.720 bits per heavy atom. The molecule has 4 heterocycles. The summed E-state index contributed by atoms with van der Waals surface area (Å²) in [6.45, 7) is 7.74. The van der Waals surface area contributed by atoms with Gasteiger partial charge in [0.05, 0.1) is 24.9 Å². The van der Waals surface area contributed by atoms with Gasteiger partial charge in [-0.3, -0.25) is 4.98 Å². The molecular weight excluding hydrogens is 825 g/mol. The first-order chi connectivity index (χ1) is 23.9. The van der Waals surface area contributed by atoms with E-state index in [-0.39, 0.29) is 20.1 Å². The number of hydrogen-bond acceptors (Lipinski definition) is 4. The average Bonchev–Trinajstić information content (AvgIpc) is 3.69. The summed E-state index contributed by atoms with van der Waals surface area (Å²) in [5.74, 6) is 0.946. The number of pyridine rings is 2. The van der Waals surface area contributed by atoms with Crippen LogP contribution < -0.4 is 5.19 Å². The molecule has 0 unspecified atom stereocenters. The van der Waals surface area contributed by atoms with Crippen molar-refractivity contribution in [2.24, 2.45) is 0 Å². The molecule has 4 nitrogen and oxygen atoms in total. The van der Waals surface area contributed by atoms with E-state index >= 15 is 0 Å². The maximum atomic E-state index is 5.17. The van der Waals surface area contributed by atoms with Crippen LogP contribution in [0.5, 0.6) is 0 Å². The van der Waals surface area contributed by atoms with Crippen LogP contribution in [0.1, 0.15) is 5.56 Å². The molecule has 247 valence electrons. The SMILES string of the molecule is C[Si](C)(C)c1ccc(-c2[c-]cccc2)nc1.[Ir].[c-]1ccc2c(sc3ncccc32)c1-c1nc2cc3ccccc3cc2n1Cc1ccccc1. The first-order valence-electron chi connectivity index (χ1n) is 16.5. The van der Waals surface area contributed by atoms with E-state index < -0.39 is 8.07 Å². The molecule has 7 heteroatoms. The molecule has 9 aromatic rings. The summed E-state index contributed by atoms with van der Waals surface area (Å²) >= 11 is 1.72. The van der Waals surface area contributed by atoms with Crippen LogP contribution in [-0.2, 0) is 26.7 Å². The average molecular weight is 859 g/mol. The first-order valence-corrected chi connectivity index (χ1v) is 20.8. The molecule has 5 aromatic carbocycles. The van der Waals surface area contributed by atoms with Gasteiger partial charge in [0.15, 0.2) is 0 Å². The number of benzene rings is 5. The van der Waals surface area contributed by atoms with Gasteiger partial charge < -0.3 is 9.55 Å². The zero-order chi connectivity index (χ0) is 33.4. The Bertz CT molecular complexity index is 2560. The molecule has 0 aliphatic heterocycles. The van der Waals surface area contributed by atoms with Gasteiger partial charge in [-0.25, -0.2) is 4.98 Å². The minimum Gasteiger partial charge on any atom is -0.360 e. The fourth-order valence-electron chi connectivity index (χ4n) is 6.22.